The van der Waals surface area contributed by atoms with Crippen LogP contribution in [0.1, 0.15) is 51.8 Å². The van der Waals surface area contributed by atoms with Crippen LogP contribution in [0.25, 0.3) is 0 Å². The lowest BCUT2D eigenvalue weighted by molar-refractivity contribution is -0.114. The summed E-state index contributed by atoms with van der Waals surface area (Å²) >= 11 is 0. The quantitative estimate of drug-likeness (QED) is 0.823. The second kappa shape index (κ2) is 6.86. The summed E-state index contributed by atoms with van der Waals surface area (Å²) < 4.78 is 0. The second-order valence-corrected chi connectivity index (χ2v) is 7.00. The molecule has 0 saturated carbocycles. The Labute approximate surface area is 139 Å². The van der Waals surface area contributed by atoms with Crippen LogP contribution in [0.2, 0.25) is 0 Å². The number of benzene rings is 2. The van der Waals surface area contributed by atoms with Gasteiger partial charge in [0.1, 0.15) is 0 Å². The first-order chi connectivity index (χ1) is 10.8. The lowest BCUT2D eigenvalue weighted by Gasteiger charge is -2.21. The summed E-state index contributed by atoms with van der Waals surface area (Å²) in [6, 6.07) is 16.7. The molecule has 23 heavy (non-hydrogen) atoms. The van der Waals surface area contributed by atoms with Crippen LogP contribution in [0.4, 0.5) is 11.4 Å². The molecule has 3 nitrogen and oxygen atoms in total. The molecule has 2 aromatic carbocycles. The van der Waals surface area contributed by atoms with E-state index < -0.39 is 0 Å². The first-order valence-corrected chi connectivity index (χ1v) is 8.00. The van der Waals surface area contributed by atoms with E-state index in [4.69, 9.17) is 0 Å². The zero-order valence-electron chi connectivity index (χ0n) is 14.6. The van der Waals surface area contributed by atoms with Crippen molar-refractivity contribution in [2.24, 2.45) is 0 Å². The number of hydrogen-bond donors (Lipinski definition) is 2. The fraction of sp³-hybridized carbons (Fsp3) is 0.350. The fourth-order valence-electron chi connectivity index (χ4n) is 2.50. The minimum absolute atomic E-state index is 0.0621. The van der Waals surface area contributed by atoms with Gasteiger partial charge in [-0.05, 0) is 41.7 Å². The van der Waals surface area contributed by atoms with Gasteiger partial charge in [-0.25, -0.2) is 0 Å². The Balaban J connectivity index is 2.09. The van der Waals surface area contributed by atoms with Gasteiger partial charge in [-0.2, -0.15) is 0 Å². The van der Waals surface area contributed by atoms with E-state index in [-0.39, 0.29) is 17.4 Å². The van der Waals surface area contributed by atoms with Gasteiger partial charge in [-0.15, -0.1) is 0 Å². The van der Waals surface area contributed by atoms with E-state index in [2.05, 4.69) is 62.6 Å². The van der Waals surface area contributed by atoms with Gasteiger partial charge in [0.2, 0.25) is 5.91 Å². The van der Waals surface area contributed by atoms with Crippen molar-refractivity contribution in [2.45, 2.75) is 46.1 Å². The highest BCUT2D eigenvalue weighted by atomic mass is 16.1. The van der Waals surface area contributed by atoms with Crippen LogP contribution in [0, 0.1) is 0 Å². The highest BCUT2D eigenvalue weighted by Gasteiger charge is 2.14. The number of nitrogens with one attached hydrogen (secondary N) is 2. The number of hydrogen-bond acceptors (Lipinski definition) is 2. The van der Waals surface area contributed by atoms with Crippen molar-refractivity contribution in [3.05, 3.63) is 59.7 Å². The molecule has 0 bridgehead atoms. The average molecular weight is 310 g/mol. The number of carbonyl (C=O) groups is 1. The standard InChI is InChI=1S/C20H26N2O/c1-14(16-9-11-17(12-10-16)20(3,4)5)21-18-7-6-8-19(13-18)22-15(2)23/h6-14,21H,1-5H3,(H,22,23). The molecule has 3 heteroatoms. The van der Waals surface area contributed by atoms with Crippen molar-refractivity contribution in [1.82, 2.24) is 0 Å². The van der Waals surface area contributed by atoms with Gasteiger partial charge in [0.05, 0.1) is 0 Å². The van der Waals surface area contributed by atoms with Gasteiger partial charge in [0, 0.05) is 24.3 Å². The van der Waals surface area contributed by atoms with E-state index >= 15 is 0 Å². The minimum atomic E-state index is -0.0621. The lowest BCUT2D eigenvalue weighted by atomic mass is 9.86. The third-order valence-corrected chi connectivity index (χ3v) is 3.84. The molecule has 2 aromatic rings. The van der Waals surface area contributed by atoms with Gasteiger partial charge < -0.3 is 10.6 Å². The Morgan fingerprint density at radius 3 is 2.17 bits per heavy atom. The highest BCUT2D eigenvalue weighted by molar-refractivity contribution is 5.89. The SMILES string of the molecule is CC(=O)Nc1cccc(NC(C)c2ccc(C(C)(C)C)cc2)c1. The molecule has 0 saturated heterocycles. The molecule has 0 fully saturated rings. The Morgan fingerprint density at radius 2 is 1.61 bits per heavy atom. The number of amides is 1. The Bertz CT molecular complexity index is 669. The van der Waals surface area contributed by atoms with Crippen LogP contribution in [0.3, 0.4) is 0 Å². The molecule has 0 aromatic heterocycles. The largest absolute Gasteiger partial charge is 0.378 e. The molecule has 0 aliphatic carbocycles. The summed E-state index contributed by atoms with van der Waals surface area (Å²) in [7, 11) is 0. The van der Waals surface area contributed by atoms with Crippen LogP contribution in [-0.2, 0) is 10.2 Å². The topological polar surface area (TPSA) is 41.1 Å². The normalized spacial score (nSPS) is 12.6. The molecule has 0 aliphatic rings. The predicted octanol–water partition coefficient (Wildman–Crippen LogP) is 5.12. The summed E-state index contributed by atoms with van der Waals surface area (Å²) in [5.74, 6) is -0.0621. The maximum Gasteiger partial charge on any atom is 0.221 e. The summed E-state index contributed by atoms with van der Waals surface area (Å²) in [5, 5.41) is 6.28. The van der Waals surface area contributed by atoms with Gasteiger partial charge in [-0.1, -0.05) is 51.1 Å². The molecule has 0 spiro atoms. The molecule has 1 unspecified atom stereocenters. The molecule has 0 aliphatic heterocycles. The van der Waals surface area contributed by atoms with E-state index in [0.717, 1.165) is 11.4 Å². The third kappa shape index (κ3) is 4.85. The molecule has 2 N–H and O–H groups in total. The smallest absolute Gasteiger partial charge is 0.221 e. The van der Waals surface area contributed by atoms with Gasteiger partial charge >= 0.3 is 0 Å². The molecule has 0 heterocycles. The second-order valence-electron chi connectivity index (χ2n) is 7.00. The Morgan fingerprint density at radius 1 is 1.00 bits per heavy atom. The van der Waals surface area contributed by atoms with Crippen molar-refractivity contribution in [2.75, 3.05) is 10.6 Å². The maximum atomic E-state index is 11.1. The lowest BCUT2D eigenvalue weighted by Crippen LogP contribution is -2.12. The van der Waals surface area contributed by atoms with E-state index in [1.807, 2.05) is 24.3 Å². The van der Waals surface area contributed by atoms with E-state index in [9.17, 15) is 4.79 Å². The van der Waals surface area contributed by atoms with Gasteiger partial charge in [-0.3, -0.25) is 4.79 Å². The van der Waals surface area contributed by atoms with E-state index in [1.54, 1.807) is 0 Å². The van der Waals surface area contributed by atoms with Crippen LogP contribution in [-0.4, -0.2) is 5.91 Å². The van der Waals surface area contributed by atoms with Crippen LogP contribution in [0.5, 0.6) is 0 Å². The molecular formula is C20H26N2O. The first-order valence-electron chi connectivity index (χ1n) is 8.00. The van der Waals surface area contributed by atoms with Crippen molar-refractivity contribution in [3.8, 4) is 0 Å². The summed E-state index contributed by atoms with van der Waals surface area (Å²) in [6.07, 6.45) is 0. The number of rotatable bonds is 4. The van der Waals surface area contributed by atoms with E-state index in [1.165, 1.54) is 18.1 Å². The molecule has 1 atom stereocenters. The van der Waals surface area contributed by atoms with Crippen LogP contribution >= 0.6 is 0 Å². The van der Waals surface area contributed by atoms with Crippen molar-refractivity contribution < 1.29 is 4.79 Å². The molecule has 0 radical (unpaired) electrons. The number of anilines is 2. The third-order valence-electron chi connectivity index (χ3n) is 3.84. The maximum absolute atomic E-state index is 11.1. The van der Waals surface area contributed by atoms with Crippen molar-refractivity contribution in [1.29, 1.82) is 0 Å². The predicted molar refractivity (Wildman–Crippen MR) is 97.9 cm³/mol. The van der Waals surface area contributed by atoms with E-state index in [0.29, 0.717) is 0 Å². The Hall–Kier alpha value is -2.29. The first kappa shape index (κ1) is 17.1. The zero-order valence-corrected chi connectivity index (χ0v) is 14.6. The monoisotopic (exact) mass is 310 g/mol. The minimum Gasteiger partial charge on any atom is -0.378 e. The highest BCUT2D eigenvalue weighted by Crippen LogP contribution is 2.26. The molecule has 1 amide bonds. The van der Waals surface area contributed by atoms with Crippen LogP contribution in [0.15, 0.2) is 48.5 Å². The summed E-state index contributed by atoms with van der Waals surface area (Å²) in [5.41, 5.74) is 4.53. The van der Waals surface area contributed by atoms with Crippen molar-refractivity contribution in [3.63, 3.8) is 0 Å². The summed E-state index contributed by atoms with van der Waals surface area (Å²) in [4.78, 5) is 11.1. The van der Waals surface area contributed by atoms with Gasteiger partial charge in [0.15, 0.2) is 0 Å². The van der Waals surface area contributed by atoms with Crippen LogP contribution < -0.4 is 10.6 Å². The number of carbonyl (C=O) groups excluding carboxylic acids is 1. The Kier molecular flexibility index (Phi) is 5.09. The fourth-order valence-corrected chi connectivity index (χ4v) is 2.50. The average Bonchev–Trinajstić information content (AvgIpc) is 2.46. The zero-order chi connectivity index (χ0) is 17.0. The van der Waals surface area contributed by atoms with Crippen molar-refractivity contribution >= 4 is 17.3 Å². The summed E-state index contributed by atoms with van der Waals surface area (Å²) in [6.45, 7) is 10.3. The van der Waals surface area contributed by atoms with Gasteiger partial charge in [0.25, 0.3) is 0 Å². The molecular weight excluding hydrogens is 284 g/mol. The molecule has 2 rings (SSSR count). The molecule has 122 valence electrons.